The molecule has 0 atom stereocenters. The summed E-state index contributed by atoms with van der Waals surface area (Å²) in [7, 11) is 0. The minimum atomic E-state index is 0.922. The van der Waals surface area contributed by atoms with E-state index in [2.05, 4.69) is 31.1 Å². The normalized spacial score (nSPS) is 10.6. The van der Waals surface area contributed by atoms with E-state index in [1.165, 1.54) is 24.2 Å². The quantitative estimate of drug-likeness (QED) is 0.686. The van der Waals surface area contributed by atoms with Crippen molar-refractivity contribution >= 4 is 0 Å². The van der Waals surface area contributed by atoms with Gasteiger partial charge in [-0.1, -0.05) is 18.6 Å². The van der Waals surface area contributed by atoms with Crippen molar-refractivity contribution in [3.63, 3.8) is 0 Å². The summed E-state index contributed by atoms with van der Waals surface area (Å²) in [6.07, 6.45) is 3.50. The topological polar surface area (TPSA) is 30.7 Å². The Kier molecular flexibility index (Phi) is 3.26. The molecule has 0 saturated carbocycles. The molecule has 12 heavy (non-hydrogen) atoms. The van der Waals surface area contributed by atoms with Crippen molar-refractivity contribution in [1.82, 2.24) is 15.0 Å². The van der Waals surface area contributed by atoms with Gasteiger partial charge in [0.1, 0.15) is 0 Å². The minimum absolute atomic E-state index is 0.922. The first-order valence-corrected chi connectivity index (χ1v) is 4.68. The lowest BCUT2D eigenvalue weighted by Gasteiger charge is -1.98. The van der Waals surface area contributed by atoms with Gasteiger partial charge in [-0.25, -0.2) is 4.68 Å². The number of aryl methyl sites for hydroxylation is 2. The van der Waals surface area contributed by atoms with Crippen molar-refractivity contribution in [2.24, 2.45) is 0 Å². The summed E-state index contributed by atoms with van der Waals surface area (Å²) in [4.78, 5) is 0. The van der Waals surface area contributed by atoms with E-state index >= 15 is 0 Å². The number of nitrogens with zero attached hydrogens (tertiary/aromatic N) is 3. The second kappa shape index (κ2) is 4.24. The molecule has 1 aromatic heterocycles. The molecule has 0 aliphatic rings. The van der Waals surface area contributed by atoms with Crippen LogP contribution in [-0.4, -0.2) is 15.0 Å². The summed E-state index contributed by atoms with van der Waals surface area (Å²) in [5.74, 6) is 0. The molecule has 3 nitrogen and oxygen atoms in total. The highest BCUT2D eigenvalue weighted by molar-refractivity contribution is 5.07. The third-order valence-corrected chi connectivity index (χ3v) is 2.14. The molecule has 0 fully saturated rings. The van der Waals surface area contributed by atoms with Crippen molar-refractivity contribution < 1.29 is 0 Å². The van der Waals surface area contributed by atoms with E-state index in [0.717, 1.165) is 13.0 Å². The molecule has 0 saturated heterocycles. The fourth-order valence-electron chi connectivity index (χ4n) is 1.27. The molecular formula is C9H17N3. The molecule has 0 unspecified atom stereocenters. The standard InChI is InChI=1S/C9H17N3/c1-4-6-7-9-8(3)12(5-2)11-10-9/h4-7H2,1-3H3. The maximum absolute atomic E-state index is 4.14. The summed E-state index contributed by atoms with van der Waals surface area (Å²) < 4.78 is 1.95. The molecule has 0 aliphatic heterocycles. The largest absolute Gasteiger partial charge is 0.250 e. The number of unbranched alkanes of at least 4 members (excludes halogenated alkanes) is 1. The monoisotopic (exact) mass is 167 g/mol. The lowest BCUT2D eigenvalue weighted by atomic mass is 10.2. The zero-order valence-corrected chi connectivity index (χ0v) is 8.17. The Balaban J connectivity index is 2.66. The maximum atomic E-state index is 4.14. The SMILES string of the molecule is CCCCc1nnn(CC)c1C. The Morgan fingerprint density at radius 2 is 2.08 bits per heavy atom. The van der Waals surface area contributed by atoms with Gasteiger partial charge in [0.25, 0.3) is 0 Å². The van der Waals surface area contributed by atoms with Crippen molar-refractivity contribution in [3.8, 4) is 0 Å². The highest BCUT2D eigenvalue weighted by Gasteiger charge is 2.05. The van der Waals surface area contributed by atoms with Crippen molar-refractivity contribution in [3.05, 3.63) is 11.4 Å². The van der Waals surface area contributed by atoms with Crippen LogP contribution in [0.2, 0.25) is 0 Å². The van der Waals surface area contributed by atoms with E-state index in [-0.39, 0.29) is 0 Å². The van der Waals surface area contributed by atoms with E-state index in [0.29, 0.717) is 0 Å². The molecular weight excluding hydrogens is 150 g/mol. The molecule has 0 spiro atoms. The van der Waals surface area contributed by atoms with E-state index in [9.17, 15) is 0 Å². The first-order valence-electron chi connectivity index (χ1n) is 4.68. The Bertz CT molecular complexity index is 240. The van der Waals surface area contributed by atoms with Crippen LogP contribution in [0.15, 0.2) is 0 Å². The second-order valence-electron chi connectivity index (χ2n) is 3.04. The van der Waals surface area contributed by atoms with E-state index in [4.69, 9.17) is 0 Å². The predicted octanol–water partition coefficient (Wildman–Crippen LogP) is 1.95. The first kappa shape index (κ1) is 9.23. The molecule has 0 radical (unpaired) electrons. The highest BCUT2D eigenvalue weighted by atomic mass is 15.4. The van der Waals surface area contributed by atoms with Gasteiger partial charge in [-0.05, 0) is 26.7 Å². The first-order chi connectivity index (χ1) is 5.79. The van der Waals surface area contributed by atoms with Crippen LogP contribution in [0.25, 0.3) is 0 Å². The van der Waals surface area contributed by atoms with Gasteiger partial charge in [0.05, 0.1) is 11.4 Å². The van der Waals surface area contributed by atoms with E-state index in [1.807, 2.05) is 4.68 Å². The van der Waals surface area contributed by atoms with E-state index < -0.39 is 0 Å². The Labute approximate surface area is 73.8 Å². The summed E-state index contributed by atoms with van der Waals surface area (Å²) in [5, 5.41) is 8.19. The molecule has 0 aliphatic carbocycles. The zero-order valence-electron chi connectivity index (χ0n) is 8.17. The Hall–Kier alpha value is -0.860. The average Bonchev–Trinajstić information content (AvgIpc) is 2.43. The van der Waals surface area contributed by atoms with Crippen LogP contribution in [0.4, 0.5) is 0 Å². The lowest BCUT2D eigenvalue weighted by molar-refractivity contribution is 0.611. The molecule has 3 heteroatoms. The second-order valence-corrected chi connectivity index (χ2v) is 3.04. The van der Waals surface area contributed by atoms with Gasteiger partial charge < -0.3 is 0 Å². The number of aromatic nitrogens is 3. The molecule has 0 aromatic carbocycles. The molecule has 1 aromatic rings. The van der Waals surface area contributed by atoms with Crippen LogP contribution in [0.3, 0.4) is 0 Å². The van der Waals surface area contributed by atoms with Crippen LogP contribution in [0, 0.1) is 6.92 Å². The van der Waals surface area contributed by atoms with Gasteiger partial charge in [-0.15, -0.1) is 5.10 Å². The highest BCUT2D eigenvalue weighted by Crippen LogP contribution is 2.06. The van der Waals surface area contributed by atoms with Crippen molar-refractivity contribution in [2.75, 3.05) is 0 Å². The van der Waals surface area contributed by atoms with Gasteiger partial charge in [0.15, 0.2) is 0 Å². The van der Waals surface area contributed by atoms with E-state index in [1.54, 1.807) is 0 Å². The van der Waals surface area contributed by atoms with Crippen LogP contribution >= 0.6 is 0 Å². The predicted molar refractivity (Wildman–Crippen MR) is 49.0 cm³/mol. The summed E-state index contributed by atoms with van der Waals surface area (Å²) in [6.45, 7) is 7.30. The fraction of sp³-hybridized carbons (Fsp3) is 0.778. The van der Waals surface area contributed by atoms with Crippen LogP contribution in [0.1, 0.15) is 38.1 Å². The summed E-state index contributed by atoms with van der Waals surface area (Å²) in [6, 6.07) is 0. The number of hydrogen-bond donors (Lipinski definition) is 0. The van der Waals surface area contributed by atoms with Crippen LogP contribution in [0.5, 0.6) is 0 Å². The lowest BCUT2D eigenvalue weighted by Crippen LogP contribution is -1.99. The van der Waals surface area contributed by atoms with Gasteiger partial charge in [0, 0.05) is 6.54 Å². The molecule has 0 amide bonds. The summed E-state index contributed by atoms with van der Waals surface area (Å²) in [5.41, 5.74) is 2.39. The Morgan fingerprint density at radius 1 is 1.33 bits per heavy atom. The fourth-order valence-corrected chi connectivity index (χ4v) is 1.27. The van der Waals surface area contributed by atoms with Crippen LogP contribution in [-0.2, 0) is 13.0 Å². The number of rotatable bonds is 4. The molecule has 68 valence electrons. The third-order valence-electron chi connectivity index (χ3n) is 2.14. The van der Waals surface area contributed by atoms with Gasteiger partial charge >= 0.3 is 0 Å². The zero-order chi connectivity index (χ0) is 8.97. The van der Waals surface area contributed by atoms with Crippen molar-refractivity contribution in [2.45, 2.75) is 46.6 Å². The maximum Gasteiger partial charge on any atom is 0.0856 e. The number of hydrogen-bond acceptors (Lipinski definition) is 2. The molecule has 0 N–H and O–H groups in total. The van der Waals surface area contributed by atoms with Gasteiger partial charge in [0.2, 0.25) is 0 Å². The van der Waals surface area contributed by atoms with Crippen LogP contribution < -0.4 is 0 Å². The van der Waals surface area contributed by atoms with Gasteiger partial charge in [-0.3, -0.25) is 0 Å². The van der Waals surface area contributed by atoms with Crippen molar-refractivity contribution in [1.29, 1.82) is 0 Å². The smallest absolute Gasteiger partial charge is 0.0856 e. The molecule has 1 rings (SSSR count). The van der Waals surface area contributed by atoms with Gasteiger partial charge in [-0.2, -0.15) is 0 Å². The Morgan fingerprint density at radius 3 is 2.58 bits per heavy atom. The molecule has 0 bridgehead atoms. The third kappa shape index (κ3) is 1.84. The summed E-state index contributed by atoms with van der Waals surface area (Å²) >= 11 is 0. The average molecular weight is 167 g/mol. The minimum Gasteiger partial charge on any atom is -0.250 e. The molecule has 1 heterocycles.